The van der Waals surface area contributed by atoms with Crippen molar-refractivity contribution >= 4 is 34.7 Å². The van der Waals surface area contributed by atoms with E-state index in [4.69, 9.17) is 4.74 Å². The number of anilines is 2. The fraction of sp³-hybridized carbons (Fsp3) is 0.148. The first kappa shape index (κ1) is 22.8. The van der Waals surface area contributed by atoms with Crippen molar-refractivity contribution in [2.45, 2.75) is 20.4 Å². The zero-order valence-corrected chi connectivity index (χ0v) is 19.0. The predicted octanol–water partition coefficient (Wildman–Crippen LogP) is 4.44. The molecule has 0 saturated heterocycles. The number of nitrogens with zero attached hydrogens (tertiary/aromatic N) is 1. The zero-order chi connectivity index (χ0) is 24.1. The maximum Gasteiger partial charge on any atom is 0.278 e. The van der Waals surface area contributed by atoms with Crippen LogP contribution in [0.15, 0.2) is 84.6 Å². The van der Waals surface area contributed by atoms with E-state index in [2.05, 4.69) is 10.6 Å². The molecule has 7 heteroatoms. The number of amides is 3. The molecule has 2 N–H and O–H groups in total. The van der Waals surface area contributed by atoms with Crippen molar-refractivity contribution in [2.75, 3.05) is 17.2 Å². The summed E-state index contributed by atoms with van der Waals surface area (Å²) in [4.78, 5) is 39.6. The van der Waals surface area contributed by atoms with Gasteiger partial charge in [-0.25, -0.2) is 0 Å². The Kier molecular flexibility index (Phi) is 6.73. The van der Waals surface area contributed by atoms with Crippen molar-refractivity contribution in [1.82, 2.24) is 4.90 Å². The molecule has 172 valence electrons. The number of hydrogen-bond donors (Lipinski definition) is 2. The van der Waals surface area contributed by atoms with Crippen LogP contribution in [0.4, 0.5) is 11.4 Å². The quantitative estimate of drug-likeness (QED) is 0.491. The van der Waals surface area contributed by atoms with Crippen LogP contribution in [0.3, 0.4) is 0 Å². The van der Waals surface area contributed by atoms with Gasteiger partial charge in [-0.2, -0.15) is 0 Å². The second-order valence-electron chi connectivity index (χ2n) is 7.74. The monoisotopic (exact) mass is 455 g/mol. The first-order chi connectivity index (χ1) is 16.5. The Morgan fingerprint density at radius 3 is 2.24 bits per heavy atom. The van der Waals surface area contributed by atoms with Gasteiger partial charge < -0.3 is 15.4 Å². The standard InChI is InChI=1S/C27H25N3O4/c1-3-34-23-12-8-7-11-22(23)29-25-24(20-13-15-21(16-14-20)28-18(2)31)26(32)30(27(25)33)17-19-9-5-4-6-10-19/h4-16,29H,3,17H2,1-2H3,(H,28,31). The summed E-state index contributed by atoms with van der Waals surface area (Å²) in [7, 11) is 0. The van der Waals surface area contributed by atoms with Crippen LogP contribution in [0.25, 0.3) is 5.57 Å². The number of nitrogens with one attached hydrogen (secondary N) is 2. The van der Waals surface area contributed by atoms with Crippen LogP contribution in [-0.4, -0.2) is 29.2 Å². The van der Waals surface area contributed by atoms with Gasteiger partial charge in [-0.05, 0) is 42.3 Å². The van der Waals surface area contributed by atoms with Crippen LogP contribution in [0.5, 0.6) is 5.75 Å². The number of carbonyl (C=O) groups is 3. The lowest BCUT2D eigenvalue weighted by Gasteiger charge is -2.16. The molecule has 0 aliphatic carbocycles. The Hall–Kier alpha value is -4.39. The third kappa shape index (κ3) is 4.83. The highest BCUT2D eigenvalue weighted by atomic mass is 16.5. The highest BCUT2D eigenvalue weighted by Gasteiger charge is 2.39. The fourth-order valence-electron chi connectivity index (χ4n) is 3.78. The van der Waals surface area contributed by atoms with Crippen LogP contribution in [0.2, 0.25) is 0 Å². The van der Waals surface area contributed by atoms with Gasteiger partial charge in [0, 0.05) is 12.6 Å². The molecule has 3 amide bonds. The maximum absolute atomic E-state index is 13.5. The average molecular weight is 456 g/mol. The largest absolute Gasteiger partial charge is 0.492 e. The average Bonchev–Trinajstić information content (AvgIpc) is 3.05. The van der Waals surface area contributed by atoms with Gasteiger partial charge in [-0.1, -0.05) is 54.6 Å². The molecule has 4 rings (SSSR count). The molecular formula is C27H25N3O4. The van der Waals surface area contributed by atoms with Crippen molar-refractivity contribution in [3.05, 3.63) is 95.7 Å². The first-order valence-corrected chi connectivity index (χ1v) is 11.0. The summed E-state index contributed by atoms with van der Waals surface area (Å²) in [5, 5.41) is 5.87. The highest BCUT2D eigenvalue weighted by molar-refractivity contribution is 6.36. The van der Waals surface area contributed by atoms with Crippen molar-refractivity contribution in [1.29, 1.82) is 0 Å². The number of para-hydroxylation sites is 2. The normalized spacial score (nSPS) is 13.3. The molecular weight excluding hydrogens is 430 g/mol. The van der Waals surface area contributed by atoms with Crippen molar-refractivity contribution in [2.24, 2.45) is 0 Å². The molecule has 1 aliphatic rings. The maximum atomic E-state index is 13.5. The molecule has 0 atom stereocenters. The van der Waals surface area contributed by atoms with Gasteiger partial charge in [-0.3, -0.25) is 19.3 Å². The molecule has 0 fully saturated rings. The molecule has 1 aliphatic heterocycles. The lowest BCUT2D eigenvalue weighted by Crippen LogP contribution is -2.32. The minimum absolute atomic E-state index is 0.157. The summed E-state index contributed by atoms with van der Waals surface area (Å²) < 4.78 is 5.69. The molecule has 0 saturated carbocycles. The van der Waals surface area contributed by atoms with Crippen LogP contribution in [-0.2, 0) is 20.9 Å². The van der Waals surface area contributed by atoms with E-state index in [0.29, 0.717) is 29.3 Å². The molecule has 0 spiro atoms. The van der Waals surface area contributed by atoms with Gasteiger partial charge in [0.05, 0.1) is 24.4 Å². The summed E-state index contributed by atoms with van der Waals surface area (Å²) in [5.74, 6) is -0.416. The minimum Gasteiger partial charge on any atom is -0.492 e. The molecule has 34 heavy (non-hydrogen) atoms. The second kappa shape index (κ2) is 10.0. The highest BCUT2D eigenvalue weighted by Crippen LogP contribution is 2.34. The number of imide groups is 1. The Labute approximate surface area is 198 Å². The van der Waals surface area contributed by atoms with Gasteiger partial charge in [0.2, 0.25) is 5.91 Å². The van der Waals surface area contributed by atoms with Crippen LogP contribution in [0, 0.1) is 0 Å². The number of benzene rings is 3. The first-order valence-electron chi connectivity index (χ1n) is 11.0. The number of ether oxygens (including phenoxy) is 1. The minimum atomic E-state index is -0.416. The Bertz CT molecular complexity index is 1250. The smallest absolute Gasteiger partial charge is 0.278 e. The lowest BCUT2D eigenvalue weighted by molar-refractivity contribution is -0.137. The number of carbonyl (C=O) groups excluding carboxylic acids is 3. The molecule has 1 heterocycles. The van der Waals surface area contributed by atoms with Gasteiger partial charge in [0.1, 0.15) is 11.4 Å². The van der Waals surface area contributed by atoms with Crippen molar-refractivity contribution in [3.8, 4) is 5.75 Å². The van der Waals surface area contributed by atoms with E-state index in [1.807, 2.05) is 49.4 Å². The molecule has 7 nitrogen and oxygen atoms in total. The second-order valence-corrected chi connectivity index (χ2v) is 7.74. The molecule has 3 aromatic carbocycles. The van der Waals surface area contributed by atoms with E-state index in [-0.39, 0.29) is 23.7 Å². The SMILES string of the molecule is CCOc1ccccc1NC1=C(c2ccc(NC(C)=O)cc2)C(=O)N(Cc2ccccc2)C1=O. The lowest BCUT2D eigenvalue weighted by atomic mass is 10.0. The van der Waals surface area contributed by atoms with Crippen LogP contribution in [0.1, 0.15) is 25.0 Å². The summed E-state index contributed by atoms with van der Waals surface area (Å²) in [6.45, 7) is 3.92. The van der Waals surface area contributed by atoms with Crippen molar-refractivity contribution < 1.29 is 19.1 Å². The summed E-state index contributed by atoms with van der Waals surface area (Å²) in [5.41, 5.74) is 3.06. The fourth-order valence-corrected chi connectivity index (χ4v) is 3.78. The third-order valence-corrected chi connectivity index (χ3v) is 5.29. The molecule has 0 radical (unpaired) electrons. The van der Waals surface area contributed by atoms with Gasteiger partial charge >= 0.3 is 0 Å². The van der Waals surface area contributed by atoms with E-state index >= 15 is 0 Å². The van der Waals surface area contributed by atoms with Gasteiger partial charge in [0.15, 0.2) is 0 Å². The Morgan fingerprint density at radius 1 is 0.882 bits per heavy atom. The molecule has 0 unspecified atom stereocenters. The topological polar surface area (TPSA) is 87.7 Å². The zero-order valence-electron chi connectivity index (χ0n) is 19.0. The van der Waals surface area contributed by atoms with Crippen molar-refractivity contribution in [3.63, 3.8) is 0 Å². The molecule has 3 aromatic rings. The van der Waals surface area contributed by atoms with Gasteiger partial charge in [-0.15, -0.1) is 0 Å². The van der Waals surface area contributed by atoms with E-state index in [9.17, 15) is 14.4 Å². The summed E-state index contributed by atoms with van der Waals surface area (Å²) >= 11 is 0. The number of hydrogen-bond acceptors (Lipinski definition) is 5. The third-order valence-electron chi connectivity index (χ3n) is 5.29. The summed E-state index contributed by atoms with van der Waals surface area (Å²) in [6.07, 6.45) is 0. The predicted molar refractivity (Wildman–Crippen MR) is 131 cm³/mol. The number of rotatable bonds is 8. The van der Waals surface area contributed by atoms with E-state index in [1.54, 1.807) is 36.4 Å². The van der Waals surface area contributed by atoms with Gasteiger partial charge in [0.25, 0.3) is 11.8 Å². The van der Waals surface area contributed by atoms with Crippen LogP contribution >= 0.6 is 0 Å². The Balaban J connectivity index is 1.74. The van der Waals surface area contributed by atoms with E-state index in [1.165, 1.54) is 11.8 Å². The molecule has 0 bridgehead atoms. The van der Waals surface area contributed by atoms with E-state index in [0.717, 1.165) is 5.56 Å². The summed E-state index contributed by atoms with van der Waals surface area (Å²) in [6, 6.07) is 23.5. The Morgan fingerprint density at radius 2 is 1.56 bits per heavy atom. The van der Waals surface area contributed by atoms with Crippen LogP contribution < -0.4 is 15.4 Å². The van der Waals surface area contributed by atoms with E-state index < -0.39 is 11.8 Å². The molecule has 0 aromatic heterocycles.